The minimum Gasteiger partial charge on any atom is -0.378 e. The number of hydrogen-bond donors (Lipinski definition) is 2. The fraction of sp³-hybridized carbons (Fsp3) is 0.667. The molecule has 1 unspecified atom stereocenters. The molecule has 1 atom stereocenters. The number of methoxy groups -OCH3 is 1. The second kappa shape index (κ2) is 5.49. The summed E-state index contributed by atoms with van der Waals surface area (Å²) < 4.78 is 11.0. The maximum absolute atomic E-state index is 5.56. The summed E-state index contributed by atoms with van der Waals surface area (Å²) in [5, 5.41) is 6.31. The van der Waals surface area contributed by atoms with E-state index in [2.05, 4.69) is 20.6 Å². The van der Waals surface area contributed by atoms with E-state index in [9.17, 15) is 0 Å². The number of nitrogens with one attached hydrogen (secondary N) is 2. The van der Waals surface area contributed by atoms with Gasteiger partial charge in [-0.15, -0.1) is 0 Å². The van der Waals surface area contributed by atoms with Gasteiger partial charge in [0, 0.05) is 39.8 Å². The van der Waals surface area contributed by atoms with E-state index >= 15 is 0 Å². The zero-order chi connectivity index (χ0) is 13.0. The zero-order valence-corrected chi connectivity index (χ0v) is 11.1. The number of aryl methyl sites for hydroxylation is 1. The van der Waals surface area contributed by atoms with E-state index in [1.165, 1.54) is 0 Å². The average molecular weight is 252 g/mol. The van der Waals surface area contributed by atoms with Gasteiger partial charge in [0.15, 0.2) is 0 Å². The summed E-state index contributed by atoms with van der Waals surface area (Å²) in [5.41, 5.74) is -0.237. The van der Waals surface area contributed by atoms with Crippen LogP contribution in [0, 0.1) is 6.92 Å². The Morgan fingerprint density at radius 3 is 2.83 bits per heavy atom. The number of aromatic nitrogens is 2. The molecular formula is C12H20N4O2. The summed E-state index contributed by atoms with van der Waals surface area (Å²) in [6.45, 7) is 3.93. The van der Waals surface area contributed by atoms with Gasteiger partial charge in [0.1, 0.15) is 23.1 Å². The SMILES string of the molecule is CNc1cc(NCC2(OC)CCOC2)nc(C)n1. The first kappa shape index (κ1) is 13.0. The normalized spacial score (nSPS) is 23.1. The van der Waals surface area contributed by atoms with Gasteiger partial charge in [0.2, 0.25) is 0 Å². The molecule has 1 aromatic heterocycles. The summed E-state index contributed by atoms with van der Waals surface area (Å²) in [6, 6.07) is 1.88. The minimum absolute atomic E-state index is 0.237. The summed E-state index contributed by atoms with van der Waals surface area (Å²) in [6.07, 6.45) is 0.902. The van der Waals surface area contributed by atoms with Gasteiger partial charge in [-0.3, -0.25) is 0 Å². The molecule has 1 fully saturated rings. The van der Waals surface area contributed by atoms with Gasteiger partial charge in [-0.05, 0) is 6.92 Å². The first-order valence-electron chi connectivity index (χ1n) is 6.08. The summed E-state index contributed by atoms with van der Waals surface area (Å²) >= 11 is 0. The van der Waals surface area contributed by atoms with Crippen molar-refractivity contribution in [2.45, 2.75) is 18.9 Å². The monoisotopic (exact) mass is 252 g/mol. The molecule has 0 bridgehead atoms. The van der Waals surface area contributed by atoms with Gasteiger partial charge in [0.25, 0.3) is 0 Å². The molecular weight excluding hydrogens is 232 g/mol. The van der Waals surface area contributed by atoms with Crippen LogP contribution in [0.5, 0.6) is 0 Å². The van der Waals surface area contributed by atoms with Crippen molar-refractivity contribution in [3.05, 3.63) is 11.9 Å². The van der Waals surface area contributed by atoms with Gasteiger partial charge in [-0.1, -0.05) is 0 Å². The molecule has 18 heavy (non-hydrogen) atoms. The fourth-order valence-electron chi connectivity index (χ4n) is 2.00. The Bertz CT molecular complexity index is 405. The molecule has 1 saturated heterocycles. The third-order valence-corrected chi connectivity index (χ3v) is 3.19. The van der Waals surface area contributed by atoms with Crippen molar-refractivity contribution >= 4 is 11.6 Å². The highest BCUT2D eigenvalue weighted by Crippen LogP contribution is 2.23. The van der Waals surface area contributed by atoms with Crippen molar-refractivity contribution in [1.29, 1.82) is 0 Å². The quantitative estimate of drug-likeness (QED) is 0.816. The fourth-order valence-corrected chi connectivity index (χ4v) is 2.00. The van der Waals surface area contributed by atoms with Crippen LogP contribution in [0.2, 0.25) is 0 Å². The van der Waals surface area contributed by atoms with E-state index in [4.69, 9.17) is 9.47 Å². The van der Waals surface area contributed by atoms with Crippen molar-refractivity contribution in [2.24, 2.45) is 0 Å². The molecule has 2 heterocycles. The van der Waals surface area contributed by atoms with E-state index in [0.717, 1.165) is 30.5 Å². The van der Waals surface area contributed by atoms with Crippen LogP contribution in [0.4, 0.5) is 11.6 Å². The third-order valence-electron chi connectivity index (χ3n) is 3.19. The van der Waals surface area contributed by atoms with Gasteiger partial charge in [-0.2, -0.15) is 0 Å². The van der Waals surface area contributed by atoms with Crippen molar-refractivity contribution in [1.82, 2.24) is 9.97 Å². The molecule has 2 rings (SSSR count). The van der Waals surface area contributed by atoms with Crippen LogP contribution in [0.1, 0.15) is 12.2 Å². The average Bonchev–Trinajstić information content (AvgIpc) is 2.85. The topological polar surface area (TPSA) is 68.3 Å². The van der Waals surface area contributed by atoms with Crippen LogP contribution in [0.15, 0.2) is 6.07 Å². The Balaban J connectivity index is 2.03. The molecule has 0 saturated carbocycles. The first-order chi connectivity index (χ1) is 8.67. The Morgan fingerprint density at radius 1 is 1.44 bits per heavy atom. The van der Waals surface area contributed by atoms with Crippen molar-refractivity contribution in [3.63, 3.8) is 0 Å². The number of hydrogen-bond acceptors (Lipinski definition) is 6. The standard InChI is InChI=1S/C12H20N4O2/c1-9-15-10(13-2)6-11(16-9)14-7-12(17-3)4-5-18-8-12/h6H,4-5,7-8H2,1-3H3,(H2,13,14,15,16). The largest absolute Gasteiger partial charge is 0.378 e. The van der Waals surface area contributed by atoms with E-state index in [1.807, 2.05) is 20.0 Å². The second-order valence-corrected chi connectivity index (χ2v) is 4.48. The lowest BCUT2D eigenvalue weighted by molar-refractivity contribution is -0.00625. The number of nitrogens with zero attached hydrogens (tertiary/aromatic N) is 2. The lowest BCUT2D eigenvalue weighted by atomic mass is 10.0. The Hall–Kier alpha value is -1.40. The van der Waals surface area contributed by atoms with Crippen LogP contribution < -0.4 is 10.6 Å². The van der Waals surface area contributed by atoms with Crippen LogP contribution in [-0.4, -0.2) is 49.5 Å². The van der Waals surface area contributed by atoms with Crippen molar-refractivity contribution in [2.75, 3.05) is 44.5 Å². The summed E-state index contributed by atoms with van der Waals surface area (Å²) in [7, 11) is 3.56. The maximum atomic E-state index is 5.56. The second-order valence-electron chi connectivity index (χ2n) is 4.48. The highest BCUT2D eigenvalue weighted by atomic mass is 16.5. The molecule has 1 aromatic rings. The molecule has 6 heteroatoms. The Labute approximate surface area is 107 Å². The van der Waals surface area contributed by atoms with E-state index < -0.39 is 0 Å². The molecule has 6 nitrogen and oxygen atoms in total. The predicted molar refractivity (Wildman–Crippen MR) is 70.0 cm³/mol. The molecule has 0 aliphatic carbocycles. The van der Waals surface area contributed by atoms with E-state index in [-0.39, 0.29) is 5.60 Å². The Morgan fingerprint density at radius 2 is 2.22 bits per heavy atom. The highest BCUT2D eigenvalue weighted by molar-refractivity contribution is 5.47. The van der Waals surface area contributed by atoms with Crippen molar-refractivity contribution < 1.29 is 9.47 Å². The molecule has 0 radical (unpaired) electrons. The number of anilines is 2. The maximum Gasteiger partial charge on any atom is 0.131 e. The smallest absolute Gasteiger partial charge is 0.131 e. The van der Waals surface area contributed by atoms with Crippen LogP contribution in [0.3, 0.4) is 0 Å². The Kier molecular flexibility index (Phi) is 3.98. The summed E-state index contributed by atoms with van der Waals surface area (Å²) in [5.74, 6) is 2.34. The minimum atomic E-state index is -0.237. The molecule has 2 N–H and O–H groups in total. The molecule has 1 aliphatic rings. The van der Waals surface area contributed by atoms with Gasteiger partial charge < -0.3 is 20.1 Å². The molecule has 0 amide bonds. The highest BCUT2D eigenvalue weighted by Gasteiger charge is 2.34. The number of ether oxygens (including phenoxy) is 2. The van der Waals surface area contributed by atoms with Gasteiger partial charge >= 0.3 is 0 Å². The molecule has 1 aliphatic heterocycles. The van der Waals surface area contributed by atoms with Crippen LogP contribution >= 0.6 is 0 Å². The molecule has 100 valence electrons. The molecule has 0 aromatic carbocycles. The first-order valence-corrected chi connectivity index (χ1v) is 6.08. The van der Waals surface area contributed by atoms with E-state index in [0.29, 0.717) is 13.2 Å². The van der Waals surface area contributed by atoms with Crippen LogP contribution in [0.25, 0.3) is 0 Å². The predicted octanol–water partition coefficient (Wildman–Crippen LogP) is 1.04. The van der Waals surface area contributed by atoms with Crippen molar-refractivity contribution in [3.8, 4) is 0 Å². The van der Waals surface area contributed by atoms with Gasteiger partial charge in [-0.25, -0.2) is 9.97 Å². The zero-order valence-electron chi connectivity index (χ0n) is 11.1. The number of rotatable bonds is 5. The van der Waals surface area contributed by atoms with Crippen LogP contribution in [-0.2, 0) is 9.47 Å². The third kappa shape index (κ3) is 2.88. The summed E-state index contributed by atoms with van der Waals surface area (Å²) in [4.78, 5) is 8.60. The molecule has 0 spiro atoms. The van der Waals surface area contributed by atoms with E-state index in [1.54, 1.807) is 7.11 Å². The lowest BCUT2D eigenvalue weighted by Crippen LogP contribution is -2.39. The van der Waals surface area contributed by atoms with Gasteiger partial charge in [0.05, 0.1) is 6.61 Å². The lowest BCUT2D eigenvalue weighted by Gasteiger charge is -2.26.